The standard InChI is InChI=1S/C6H11NO/c1-3-6(2)4-5-7-8/h4-5,8H,3H2,1-2H3/b6-4+,7-5+. The van der Waals surface area contributed by atoms with Gasteiger partial charge in [-0.05, 0) is 19.4 Å². The molecule has 0 spiro atoms. The molecule has 0 atom stereocenters. The fourth-order valence-corrected chi connectivity index (χ4v) is 0.278. The van der Waals surface area contributed by atoms with Crippen LogP contribution in [0.3, 0.4) is 0 Å². The number of allylic oxidation sites excluding steroid dienone is 2. The van der Waals surface area contributed by atoms with Crippen LogP contribution in [0, 0.1) is 0 Å². The first kappa shape index (κ1) is 7.21. The van der Waals surface area contributed by atoms with E-state index in [2.05, 4.69) is 12.1 Å². The van der Waals surface area contributed by atoms with E-state index in [0.717, 1.165) is 6.42 Å². The summed E-state index contributed by atoms with van der Waals surface area (Å²) in [7, 11) is 0. The Bertz CT molecular complexity index is 105. The molecule has 0 radical (unpaired) electrons. The fraction of sp³-hybridized carbons (Fsp3) is 0.500. The number of oxime groups is 1. The van der Waals surface area contributed by atoms with Gasteiger partial charge in [-0.3, -0.25) is 0 Å². The fourth-order valence-electron chi connectivity index (χ4n) is 0.278. The lowest BCUT2D eigenvalue weighted by Crippen LogP contribution is -1.71. The minimum Gasteiger partial charge on any atom is -0.411 e. The van der Waals surface area contributed by atoms with Crippen molar-refractivity contribution in [1.82, 2.24) is 0 Å². The van der Waals surface area contributed by atoms with Crippen molar-refractivity contribution in [1.29, 1.82) is 0 Å². The molecule has 0 saturated carbocycles. The molecule has 0 aromatic carbocycles. The predicted molar refractivity (Wildman–Crippen MR) is 34.3 cm³/mol. The highest BCUT2D eigenvalue weighted by Crippen LogP contribution is 1.94. The van der Waals surface area contributed by atoms with Crippen molar-refractivity contribution in [3.63, 3.8) is 0 Å². The van der Waals surface area contributed by atoms with Crippen molar-refractivity contribution in [2.24, 2.45) is 5.16 Å². The maximum absolute atomic E-state index is 7.94. The van der Waals surface area contributed by atoms with Gasteiger partial charge in [-0.15, -0.1) is 0 Å². The summed E-state index contributed by atoms with van der Waals surface area (Å²) in [6, 6.07) is 0. The third kappa shape index (κ3) is 3.40. The highest BCUT2D eigenvalue weighted by Gasteiger charge is 1.76. The van der Waals surface area contributed by atoms with Gasteiger partial charge in [0.2, 0.25) is 0 Å². The Morgan fingerprint density at radius 2 is 2.38 bits per heavy atom. The molecule has 2 nitrogen and oxygen atoms in total. The third-order valence-corrected chi connectivity index (χ3v) is 0.983. The molecule has 0 aromatic rings. The van der Waals surface area contributed by atoms with Crippen LogP contribution in [0.1, 0.15) is 20.3 Å². The van der Waals surface area contributed by atoms with Crippen molar-refractivity contribution < 1.29 is 5.21 Å². The quantitative estimate of drug-likeness (QED) is 0.330. The summed E-state index contributed by atoms with van der Waals surface area (Å²) in [6.45, 7) is 4.04. The molecular weight excluding hydrogens is 102 g/mol. The topological polar surface area (TPSA) is 32.6 Å². The number of nitrogens with zero attached hydrogens (tertiary/aromatic N) is 1. The summed E-state index contributed by atoms with van der Waals surface area (Å²) in [6.07, 6.45) is 4.16. The summed E-state index contributed by atoms with van der Waals surface area (Å²) in [4.78, 5) is 0. The molecule has 0 aliphatic rings. The van der Waals surface area contributed by atoms with Crippen molar-refractivity contribution in [2.75, 3.05) is 0 Å². The number of rotatable bonds is 2. The summed E-state index contributed by atoms with van der Waals surface area (Å²) >= 11 is 0. The second kappa shape index (κ2) is 4.37. The predicted octanol–water partition coefficient (Wildman–Crippen LogP) is 1.80. The van der Waals surface area contributed by atoms with E-state index in [1.165, 1.54) is 11.8 Å². The molecule has 0 aliphatic heterocycles. The molecule has 0 unspecified atom stereocenters. The first-order valence-corrected chi connectivity index (χ1v) is 2.64. The monoisotopic (exact) mass is 113 g/mol. The Morgan fingerprint density at radius 3 is 2.75 bits per heavy atom. The molecule has 1 N–H and O–H groups in total. The smallest absolute Gasteiger partial charge is 0.0660 e. The summed E-state index contributed by atoms with van der Waals surface area (Å²) in [5.41, 5.74) is 1.21. The molecule has 0 amide bonds. The van der Waals surface area contributed by atoms with Crippen LogP contribution in [0.15, 0.2) is 16.8 Å². The minimum absolute atomic E-state index is 1.01. The van der Waals surface area contributed by atoms with E-state index in [4.69, 9.17) is 5.21 Å². The van der Waals surface area contributed by atoms with Gasteiger partial charge in [0.05, 0.1) is 6.21 Å². The first-order valence-electron chi connectivity index (χ1n) is 2.64. The Morgan fingerprint density at radius 1 is 1.75 bits per heavy atom. The zero-order valence-corrected chi connectivity index (χ0v) is 5.26. The molecule has 8 heavy (non-hydrogen) atoms. The number of hydrogen-bond donors (Lipinski definition) is 1. The highest BCUT2D eigenvalue weighted by atomic mass is 16.4. The van der Waals surface area contributed by atoms with E-state index in [0.29, 0.717) is 0 Å². The summed E-state index contributed by atoms with van der Waals surface area (Å²) in [5, 5.41) is 10.8. The zero-order valence-electron chi connectivity index (χ0n) is 5.26. The molecule has 2 heteroatoms. The molecule has 0 aromatic heterocycles. The summed E-state index contributed by atoms with van der Waals surface area (Å²) in [5.74, 6) is 0. The van der Waals surface area contributed by atoms with Crippen LogP contribution in [0.4, 0.5) is 0 Å². The van der Waals surface area contributed by atoms with E-state index in [-0.39, 0.29) is 0 Å². The van der Waals surface area contributed by atoms with E-state index >= 15 is 0 Å². The van der Waals surface area contributed by atoms with Gasteiger partial charge < -0.3 is 5.21 Å². The molecule has 0 bridgehead atoms. The lowest BCUT2D eigenvalue weighted by molar-refractivity contribution is 0.322. The highest BCUT2D eigenvalue weighted by molar-refractivity contribution is 5.71. The molecule has 0 saturated heterocycles. The van der Waals surface area contributed by atoms with Crippen LogP contribution >= 0.6 is 0 Å². The lowest BCUT2D eigenvalue weighted by Gasteiger charge is -1.86. The second-order valence-corrected chi connectivity index (χ2v) is 1.63. The van der Waals surface area contributed by atoms with Crippen LogP contribution in [-0.4, -0.2) is 11.4 Å². The van der Waals surface area contributed by atoms with E-state index in [9.17, 15) is 0 Å². The Balaban J connectivity index is 3.57. The van der Waals surface area contributed by atoms with Gasteiger partial charge in [0, 0.05) is 0 Å². The van der Waals surface area contributed by atoms with Gasteiger partial charge in [-0.1, -0.05) is 17.7 Å². The summed E-state index contributed by atoms with van der Waals surface area (Å²) < 4.78 is 0. The van der Waals surface area contributed by atoms with Gasteiger partial charge >= 0.3 is 0 Å². The van der Waals surface area contributed by atoms with Crippen molar-refractivity contribution in [3.05, 3.63) is 11.6 Å². The van der Waals surface area contributed by atoms with Crippen LogP contribution in [-0.2, 0) is 0 Å². The Labute approximate surface area is 49.5 Å². The molecule has 0 aliphatic carbocycles. The van der Waals surface area contributed by atoms with Gasteiger partial charge in [-0.25, -0.2) is 0 Å². The first-order chi connectivity index (χ1) is 3.81. The molecule has 0 heterocycles. The van der Waals surface area contributed by atoms with Crippen molar-refractivity contribution in [3.8, 4) is 0 Å². The van der Waals surface area contributed by atoms with Gasteiger partial charge in [0.1, 0.15) is 0 Å². The maximum atomic E-state index is 7.94. The largest absolute Gasteiger partial charge is 0.411 e. The second-order valence-electron chi connectivity index (χ2n) is 1.63. The Kier molecular flexibility index (Phi) is 3.94. The normalized spacial score (nSPS) is 13.0. The zero-order chi connectivity index (χ0) is 6.41. The van der Waals surface area contributed by atoms with Gasteiger partial charge in [0.25, 0.3) is 0 Å². The van der Waals surface area contributed by atoms with Crippen LogP contribution < -0.4 is 0 Å². The SMILES string of the molecule is CC/C(C)=C/C=N/O. The molecular formula is C6H11NO. The average molecular weight is 113 g/mol. The van der Waals surface area contributed by atoms with Crippen LogP contribution in [0.2, 0.25) is 0 Å². The van der Waals surface area contributed by atoms with E-state index < -0.39 is 0 Å². The molecule has 0 rings (SSSR count). The van der Waals surface area contributed by atoms with Crippen LogP contribution in [0.25, 0.3) is 0 Å². The minimum atomic E-state index is 1.01. The van der Waals surface area contributed by atoms with E-state index in [1.54, 1.807) is 6.08 Å². The molecule has 0 fully saturated rings. The number of hydrogen-bond acceptors (Lipinski definition) is 2. The third-order valence-electron chi connectivity index (χ3n) is 0.983. The van der Waals surface area contributed by atoms with E-state index in [1.807, 2.05) is 6.92 Å². The maximum Gasteiger partial charge on any atom is 0.0660 e. The molecule has 46 valence electrons. The van der Waals surface area contributed by atoms with Gasteiger partial charge in [0.15, 0.2) is 0 Å². The lowest BCUT2D eigenvalue weighted by atomic mass is 10.2. The van der Waals surface area contributed by atoms with Gasteiger partial charge in [-0.2, -0.15) is 0 Å². The van der Waals surface area contributed by atoms with Crippen molar-refractivity contribution in [2.45, 2.75) is 20.3 Å². The van der Waals surface area contributed by atoms with Crippen LogP contribution in [0.5, 0.6) is 0 Å². The average Bonchev–Trinajstić information content (AvgIpc) is 1.83. The Hall–Kier alpha value is -0.790. The van der Waals surface area contributed by atoms with Crippen molar-refractivity contribution >= 4 is 6.21 Å².